The number of aryl methyl sites for hydroxylation is 1. The second kappa shape index (κ2) is 10.8. The van der Waals surface area contributed by atoms with Crippen LogP contribution in [0.5, 0.6) is 0 Å². The highest BCUT2D eigenvalue weighted by Gasteiger charge is 2.28. The van der Waals surface area contributed by atoms with Crippen LogP contribution in [0.1, 0.15) is 31.9 Å². The lowest BCUT2D eigenvalue weighted by molar-refractivity contribution is 0.0904. The van der Waals surface area contributed by atoms with Gasteiger partial charge in [-0.1, -0.05) is 29.8 Å². The summed E-state index contributed by atoms with van der Waals surface area (Å²) >= 11 is 0. The SMILES string of the molecule is CCNC(=NCc1ccc(C)cc1)N1CCN(S(=O)(=O)CCOC(C)C)CC1. The zero-order valence-corrected chi connectivity index (χ0v) is 18.3. The third-order valence-corrected chi connectivity index (χ3v) is 6.43. The van der Waals surface area contributed by atoms with E-state index in [1.807, 2.05) is 20.8 Å². The van der Waals surface area contributed by atoms with Gasteiger partial charge in [0.1, 0.15) is 0 Å². The number of sulfonamides is 1. The quantitative estimate of drug-likeness (QED) is 0.523. The molecule has 1 N–H and O–H groups in total. The van der Waals surface area contributed by atoms with E-state index < -0.39 is 10.0 Å². The topological polar surface area (TPSA) is 74.2 Å². The summed E-state index contributed by atoms with van der Waals surface area (Å²) in [5, 5.41) is 3.32. The molecule has 0 unspecified atom stereocenters. The largest absolute Gasteiger partial charge is 0.378 e. The molecule has 0 spiro atoms. The van der Waals surface area contributed by atoms with Crippen molar-refractivity contribution in [2.75, 3.05) is 45.1 Å². The normalized spacial score (nSPS) is 16.6. The number of benzene rings is 1. The first-order valence-corrected chi connectivity index (χ1v) is 11.6. The molecule has 0 aliphatic carbocycles. The molecule has 0 saturated carbocycles. The van der Waals surface area contributed by atoms with Gasteiger partial charge in [0.25, 0.3) is 0 Å². The van der Waals surface area contributed by atoms with Crippen molar-refractivity contribution in [3.63, 3.8) is 0 Å². The van der Waals surface area contributed by atoms with Gasteiger partial charge in [-0.15, -0.1) is 0 Å². The van der Waals surface area contributed by atoms with Crippen LogP contribution in [0.4, 0.5) is 0 Å². The Morgan fingerprint density at radius 1 is 1.18 bits per heavy atom. The predicted molar refractivity (Wildman–Crippen MR) is 114 cm³/mol. The maximum atomic E-state index is 12.5. The molecule has 1 aliphatic rings. The molecule has 0 radical (unpaired) electrons. The summed E-state index contributed by atoms with van der Waals surface area (Å²) in [5.74, 6) is 0.871. The Hall–Kier alpha value is -1.64. The van der Waals surface area contributed by atoms with Crippen molar-refractivity contribution in [2.24, 2.45) is 4.99 Å². The zero-order chi connectivity index (χ0) is 20.6. The van der Waals surface area contributed by atoms with Gasteiger partial charge in [0, 0.05) is 32.7 Å². The Morgan fingerprint density at radius 3 is 2.39 bits per heavy atom. The van der Waals surface area contributed by atoms with E-state index in [-0.39, 0.29) is 18.5 Å². The smallest absolute Gasteiger partial charge is 0.216 e. The van der Waals surface area contributed by atoms with Gasteiger partial charge >= 0.3 is 0 Å². The van der Waals surface area contributed by atoms with E-state index >= 15 is 0 Å². The van der Waals surface area contributed by atoms with Crippen molar-refractivity contribution in [2.45, 2.75) is 40.3 Å². The van der Waals surface area contributed by atoms with E-state index in [2.05, 4.69) is 41.4 Å². The molecule has 1 aliphatic heterocycles. The van der Waals surface area contributed by atoms with Crippen LogP contribution >= 0.6 is 0 Å². The van der Waals surface area contributed by atoms with Gasteiger partial charge in [-0.05, 0) is 33.3 Å². The van der Waals surface area contributed by atoms with Crippen LogP contribution in [0.2, 0.25) is 0 Å². The predicted octanol–water partition coefficient (Wildman–Crippen LogP) is 1.83. The first-order valence-electron chi connectivity index (χ1n) is 10.00. The van der Waals surface area contributed by atoms with Gasteiger partial charge in [0.2, 0.25) is 10.0 Å². The minimum absolute atomic E-state index is 0.0345. The van der Waals surface area contributed by atoms with Crippen molar-refractivity contribution in [3.05, 3.63) is 35.4 Å². The number of rotatable bonds is 8. The fourth-order valence-corrected chi connectivity index (χ4v) is 4.27. The Morgan fingerprint density at radius 2 is 1.82 bits per heavy atom. The monoisotopic (exact) mass is 410 g/mol. The Bertz CT molecular complexity index is 724. The van der Waals surface area contributed by atoms with Crippen molar-refractivity contribution in [3.8, 4) is 0 Å². The summed E-state index contributed by atoms with van der Waals surface area (Å²) in [5.41, 5.74) is 2.39. The van der Waals surface area contributed by atoms with Crippen molar-refractivity contribution in [1.82, 2.24) is 14.5 Å². The average Bonchev–Trinajstić information content (AvgIpc) is 2.66. The molecule has 0 aromatic heterocycles. The summed E-state index contributed by atoms with van der Waals surface area (Å²) in [6.07, 6.45) is 0.0412. The Labute approximate surface area is 169 Å². The van der Waals surface area contributed by atoms with Crippen LogP contribution in [0.3, 0.4) is 0 Å². The van der Waals surface area contributed by atoms with Crippen molar-refractivity contribution in [1.29, 1.82) is 0 Å². The maximum absolute atomic E-state index is 12.5. The number of hydrogen-bond acceptors (Lipinski definition) is 4. The molecule has 1 aromatic rings. The van der Waals surface area contributed by atoms with E-state index in [1.165, 1.54) is 5.56 Å². The lowest BCUT2D eigenvalue weighted by atomic mass is 10.1. The summed E-state index contributed by atoms with van der Waals surface area (Å²) < 4.78 is 31.9. The highest BCUT2D eigenvalue weighted by atomic mass is 32.2. The highest BCUT2D eigenvalue weighted by molar-refractivity contribution is 7.89. The molecule has 1 heterocycles. The number of ether oxygens (including phenoxy) is 1. The zero-order valence-electron chi connectivity index (χ0n) is 17.5. The molecule has 0 amide bonds. The molecular formula is C20H34N4O3S. The van der Waals surface area contributed by atoms with Crippen LogP contribution < -0.4 is 5.32 Å². The van der Waals surface area contributed by atoms with Crippen molar-refractivity contribution >= 4 is 16.0 Å². The summed E-state index contributed by atoms with van der Waals surface area (Å²) in [4.78, 5) is 6.87. The van der Waals surface area contributed by atoms with Crippen LogP contribution in [-0.4, -0.2) is 74.8 Å². The lowest BCUT2D eigenvalue weighted by Crippen LogP contribution is -2.54. The van der Waals surface area contributed by atoms with Gasteiger partial charge in [0.15, 0.2) is 5.96 Å². The van der Waals surface area contributed by atoms with E-state index in [0.717, 1.165) is 18.1 Å². The number of aliphatic imine (C=N–C) groups is 1. The van der Waals surface area contributed by atoms with Crippen LogP contribution in [-0.2, 0) is 21.3 Å². The van der Waals surface area contributed by atoms with Gasteiger partial charge in [-0.25, -0.2) is 13.4 Å². The Balaban J connectivity index is 1.92. The molecule has 0 bridgehead atoms. The van der Waals surface area contributed by atoms with Gasteiger partial charge in [-0.2, -0.15) is 4.31 Å². The van der Waals surface area contributed by atoms with E-state index in [0.29, 0.717) is 32.7 Å². The Kier molecular flexibility index (Phi) is 8.72. The minimum Gasteiger partial charge on any atom is -0.378 e. The molecule has 7 nitrogen and oxygen atoms in total. The molecule has 158 valence electrons. The van der Waals surface area contributed by atoms with Crippen LogP contribution in [0, 0.1) is 6.92 Å². The first kappa shape index (κ1) is 22.6. The molecule has 28 heavy (non-hydrogen) atoms. The van der Waals surface area contributed by atoms with Gasteiger partial charge in [-0.3, -0.25) is 0 Å². The molecule has 1 fully saturated rings. The average molecular weight is 411 g/mol. The number of nitrogens with one attached hydrogen (secondary N) is 1. The van der Waals surface area contributed by atoms with Crippen LogP contribution in [0.15, 0.2) is 29.3 Å². The number of piperazine rings is 1. The van der Waals surface area contributed by atoms with Gasteiger partial charge in [0.05, 0.1) is 25.0 Å². The van der Waals surface area contributed by atoms with Gasteiger partial charge < -0.3 is 15.0 Å². The standard InChI is InChI=1S/C20H34N4O3S/c1-5-21-20(22-16-19-8-6-18(4)7-9-19)23-10-12-24(13-11-23)28(25,26)15-14-27-17(2)3/h6-9,17H,5,10-16H2,1-4H3,(H,21,22). The number of nitrogens with zero attached hydrogens (tertiary/aromatic N) is 3. The molecule has 2 rings (SSSR count). The minimum atomic E-state index is -3.28. The summed E-state index contributed by atoms with van der Waals surface area (Å²) in [6, 6.07) is 8.35. The van der Waals surface area contributed by atoms with Crippen molar-refractivity contribution < 1.29 is 13.2 Å². The second-order valence-corrected chi connectivity index (χ2v) is 9.37. The van der Waals surface area contributed by atoms with E-state index in [9.17, 15) is 8.42 Å². The van der Waals surface area contributed by atoms with E-state index in [4.69, 9.17) is 9.73 Å². The molecule has 0 atom stereocenters. The molecule has 1 aromatic carbocycles. The molecule has 1 saturated heterocycles. The third-order valence-electron chi connectivity index (χ3n) is 4.59. The summed E-state index contributed by atoms with van der Waals surface area (Å²) in [6.45, 7) is 11.7. The first-order chi connectivity index (χ1) is 13.3. The molecule has 8 heteroatoms. The van der Waals surface area contributed by atoms with E-state index in [1.54, 1.807) is 4.31 Å². The fraction of sp³-hybridized carbons (Fsp3) is 0.650. The third kappa shape index (κ3) is 7.07. The maximum Gasteiger partial charge on any atom is 0.216 e. The molecular weight excluding hydrogens is 376 g/mol. The van der Waals surface area contributed by atoms with Crippen LogP contribution in [0.25, 0.3) is 0 Å². The number of guanidine groups is 1. The highest BCUT2D eigenvalue weighted by Crippen LogP contribution is 2.10. The number of hydrogen-bond donors (Lipinski definition) is 1. The second-order valence-electron chi connectivity index (χ2n) is 7.28. The fourth-order valence-electron chi connectivity index (χ4n) is 2.98. The summed E-state index contributed by atoms with van der Waals surface area (Å²) in [7, 11) is -3.28. The lowest BCUT2D eigenvalue weighted by Gasteiger charge is -2.36.